The molecule has 2 N–H and O–H groups in total. The van der Waals surface area contributed by atoms with Crippen LogP contribution in [0, 0.1) is 0 Å². The summed E-state index contributed by atoms with van der Waals surface area (Å²) in [5.41, 5.74) is 8.44. The molecule has 1 nitrogen and oxygen atoms in total. The van der Waals surface area contributed by atoms with Gasteiger partial charge in [-0.2, -0.15) is 0 Å². The first-order valence-electron chi connectivity index (χ1n) is 5.04. The predicted molar refractivity (Wildman–Crippen MR) is 82.0 cm³/mol. The molecule has 0 fully saturated rings. The van der Waals surface area contributed by atoms with Crippen LogP contribution in [-0.2, 0) is 0 Å². The smallest absolute Gasteiger partial charge is 0.0574 e. The van der Waals surface area contributed by atoms with Crippen LogP contribution in [0.4, 0.5) is 0 Å². The predicted octanol–water partition coefficient (Wildman–Crippen LogP) is 5.02. The topological polar surface area (TPSA) is 26.0 Å². The lowest BCUT2D eigenvalue weighted by Crippen LogP contribution is -2.13. The Kier molecular flexibility index (Phi) is 4.42. The van der Waals surface area contributed by atoms with Crippen molar-refractivity contribution in [2.24, 2.45) is 5.73 Å². The Labute approximate surface area is 126 Å². The van der Waals surface area contributed by atoms with Crippen molar-refractivity contribution in [3.8, 4) is 0 Å². The van der Waals surface area contributed by atoms with E-state index in [1.54, 1.807) is 0 Å². The van der Waals surface area contributed by atoms with Crippen molar-refractivity contribution in [1.29, 1.82) is 0 Å². The molecule has 2 aromatic carbocycles. The maximum atomic E-state index is 6.31. The summed E-state index contributed by atoms with van der Waals surface area (Å²) in [6.07, 6.45) is 0. The number of benzene rings is 2. The first kappa shape index (κ1) is 13.3. The van der Waals surface area contributed by atoms with Gasteiger partial charge in [0.15, 0.2) is 0 Å². The summed E-state index contributed by atoms with van der Waals surface area (Å²) in [7, 11) is 0. The molecule has 2 aromatic rings. The van der Waals surface area contributed by atoms with Crippen LogP contribution in [0.25, 0.3) is 0 Å². The highest BCUT2D eigenvalue weighted by Crippen LogP contribution is 2.32. The minimum Gasteiger partial charge on any atom is -0.320 e. The molecule has 0 aliphatic rings. The molecular formula is C13H10Br3N. The zero-order valence-electron chi connectivity index (χ0n) is 8.83. The first-order chi connectivity index (χ1) is 8.09. The summed E-state index contributed by atoms with van der Waals surface area (Å²) >= 11 is 10.5. The van der Waals surface area contributed by atoms with Gasteiger partial charge >= 0.3 is 0 Å². The van der Waals surface area contributed by atoms with Gasteiger partial charge in [0, 0.05) is 13.4 Å². The van der Waals surface area contributed by atoms with E-state index in [1.807, 2.05) is 42.5 Å². The molecule has 0 saturated carbocycles. The molecule has 1 unspecified atom stereocenters. The standard InChI is InChI=1S/C13H10Br3N/c14-8-5-6-12(16)10(7-8)13(17)9-3-1-2-4-11(9)15/h1-7,13H,17H2. The molecule has 0 amide bonds. The van der Waals surface area contributed by atoms with Crippen LogP contribution in [0.5, 0.6) is 0 Å². The number of rotatable bonds is 2. The van der Waals surface area contributed by atoms with Gasteiger partial charge in [-0.25, -0.2) is 0 Å². The van der Waals surface area contributed by atoms with Crippen molar-refractivity contribution < 1.29 is 0 Å². The second-order valence-corrected chi connectivity index (χ2v) is 6.29. The second kappa shape index (κ2) is 5.65. The molecule has 2 rings (SSSR count). The molecule has 0 aliphatic heterocycles. The van der Waals surface area contributed by atoms with E-state index >= 15 is 0 Å². The third kappa shape index (κ3) is 2.99. The highest BCUT2D eigenvalue weighted by Gasteiger charge is 2.14. The quantitative estimate of drug-likeness (QED) is 0.726. The Morgan fingerprint density at radius 3 is 2.18 bits per heavy atom. The van der Waals surface area contributed by atoms with Crippen LogP contribution < -0.4 is 5.73 Å². The molecule has 0 radical (unpaired) electrons. The van der Waals surface area contributed by atoms with Crippen molar-refractivity contribution in [2.75, 3.05) is 0 Å². The van der Waals surface area contributed by atoms with Gasteiger partial charge in [0.2, 0.25) is 0 Å². The molecule has 0 spiro atoms. The van der Waals surface area contributed by atoms with Crippen LogP contribution in [0.3, 0.4) is 0 Å². The lowest BCUT2D eigenvalue weighted by molar-refractivity contribution is 0.859. The summed E-state index contributed by atoms with van der Waals surface area (Å²) in [6.45, 7) is 0. The summed E-state index contributed by atoms with van der Waals surface area (Å²) in [5, 5.41) is 0. The van der Waals surface area contributed by atoms with Crippen molar-refractivity contribution in [1.82, 2.24) is 0 Å². The largest absolute Gasteiger partial charge is 0.320 e. The van der Waals surface area contributed by atoms with Gasteiger partial charge in [0.05, 0.1) is 6.04 Å². The molecular weight excluding hydrogens is 410 g/mol. The summed E-state index contributed by atoms with van der Waals surface area (Å²) in [4.78, 5) is 0. The fourth-order valence-electron chi connectivity index (χ4n) is 1.65. The molecule has 88 valence electrons. The molecule has 0 bridgehead atoms. The molecule has 17 heavy (non-hydrogen) atoms. The lowest BCUT2D eigenvalue weighted by atomic mass is 10.00. The van der Waals surface area contributed by atoms with E-state index in [4.69, 9.17) is 5.73 Å². The third-order valence-electron chi connectivity index (χ3n) is 2.53. The van der Waals surface area contributed by atoms with E-state index in [2.05, 4.69) is 47.8 Å². The van der Waals surface area contributed by atoms with Gasteiger partial charge < -0.3 is 5.73 Å². The monoisotopic (exact) mass is 417 g/mol. The van der Waals surface area contributed by atoms with E-state index in [1.165, 1.54) is 0 Å². The summed E-state index contributed by atoms with van der Waals surface area (Å²) in [5.74, 6) is 0. The zero-order valence-corrected chi connectivity index (χ0v) is 13.6. The number of halogens is 3. The van der Waals surface area contributed by atoms with E-state index in [0.717, 1.165) is 24.5 Å². The Morgan fingerprint density at radius 1 is 0.824 bits per heavy atom. The number of hydrogen-bond donors (Lipinski definition) is 1. The van der Waals surface area contributed by atoms with Gasteiger partial charge in [-0.05, 0) is 35.4 Å². The molecule has 0 aliphatic carbocycles. The fraction of sp³-hybridized carbons (Fsp3) is 0.0769. The fourth-order valence-corrected chi connectivity index (χ4v) is 3.05. The Balaban J connectivity index is 2.47. The van der Waals surface area contributed by atoms with Gasteiger partial charge in [0.25, 0.3) is 0 Å². The average Bonchev–Trinajstić information content (AvgIpc) is 2.32. The summed E-state index contributed by atoms with van der Waals surface area (Å²) in [6, 6.07) is 13.9. The number of nitrogens with two attached hydrogens (primary N) is 1. The SMILES string of the molecule is NC(c1ccccc1Br)c1cc(Br)ccc1Br. The highest BCUT2D eigenvalue weighted by molar-refractivity contribution is 9.11. The van der Waals surface area contributed by atoms with Crippen LogP contribution in [-0.4, -0.2) is 0 Å². The minimum atomic E-state index is -0.155. The Hall–Kier alpha value is -0.160. The van der Waals surface area contributed by atoms with Crippen LogP contribution in [0.15, 0.2) is 55.9 Å². The van der Waals surface area contributed by atoms with Crippen molar-refractivity contribution in [3.63, 3.8) is 0 Å². The van der Waals surface area contributed by atoms with Crippen LogP contribution >= 0.6 is 47.8 Å². The van der Waals surface area contributed by atoms with Crippen molar-refractivity contribution >= 4 is 47.8 Å². The first-order valence-corrected chi connectivity index (χ1v) is 7.42. The van der Waals surface area contributed by atoms with Crippen LogP contribution in [0.2, 0.25) is 0 Å². The Morgan fingerprint density at radius 2 is 1.47 bits per heavy atom. The van der Waals surface area contributed by atoms with Gasteiger partial charge in [-0.15, -0.1) is 0 Å². The van der Waals surface area contributed by atoms with Gasteiger partial charge in [-0.1, -0.05) is 66.0 Å². The van der Waals surface area contributed by atoms with E-state index in [9.17, 15) is 0 Å². The molecule has 0 saturated heterocycles. The molecule has 0 heterocycles. The van der Waals surface area contributed by atoms with E-state index < -0.39 is 0 Å². The minimum absolute atomic E-state index is 0.155. The molecule has 1 atom stereocenters. The van der Waals surface area contributed by atoms with Crippen molar-refractivity contribution in [3.05, 3.63) is 67.0 Å². The maximum absolute atomic E-state index is 6.31. The summed E-state index contributed by atoms with van der Waals surface area (Å²) < 4.78 is 3.07. The average molecular weight is 420 g/mol. The zero-order chi connectivity index (χ0) is 12.4. The highest BCUT2D eigenvalue weighted by atomic mass is 79.9. The van der Waals surface area contributed by atoms with E-state index in [0.29, 0.717) is 0 Å². The van der Waals surface area contributed by atoms with Gasteiger partial charge in [0.1, 0.15) is 0 Å². The second-order valence-electron chi connectivity index (χ2n) is 3.67. The maximum Gasteiger partial charge on any atom is 0.0574 e. The van der Waals surface area contributed by atoms with Gasteiger partial charge in [-0.3, -0.25) is 0 Å². The normalized spacial score (nSPS) is 12.5. The third-order valence-corrected chi connectivity index (χ3v) is 4.47. The van der Waals surface area contributed by atoms with E-state index in [-0.39, 0.29) is 6.04 Å². The Bertz CT molecular complexity index is 540. The van der Waals surface area contributed by atoms with Crippen molar-refractivity contribution in [2.45, 2.75) is 6.04 Å². The number of hydrogen-bond acceptors (Lipinski definition) is 1. The molecule has 4 heteroatoms. The lowest BCUT2D eigenvalue weighted by Gasteiger charge is -2.16. The van der Waals surface area contributed by atoms with Crippen LogP contribution in [0.1, 0.15) is 17.2 Å². The molecule has 0 aromatic heterocycles.